The minimum absolute atomic E-state index is 0.170. The van der Waals surface area contributed by atoms with E-state index in [1.54, 1.807) is 24.3 Å². The van der Waals surface area contributed by atoms with Crippen LogP contribution in [0.25, 0.3) is 6.08 Å². The summed E-state index contributed by atoms with van der Waals surface area (Å²) in [6, 6.07) is 15.4. The predicted octanol–water partition coefficient (Wildman–Crippen LogP) is 4.52. The molecule has 160 valence electrons. The molecule has 0 bridgehead atoms. The van der Waals surface area contributed by atoms with Gasteiger partial charge in [-0.3, -0.25) is 9.69 Å². The van der Waals surface area contributed by atoms with Gasteiger partial charge >= 0.3 is 0 Å². The Morgan fingerprint density at radius 3 is 2.62 bits per heavy atom. The maximum atomic E-state index is 13.2. The Hall–Kier alpha value is -3.84. The third-order valence-electron chi connectivity index (χ3n) is 5.70. The van der Waals surface area contributed by atoms with Crippen LogP contribution in [0, 0.1) is 5.82 Å². The number of Topliss-reactive ketones (excluding diaryl/α,β-unsaturated/α-hetero) is 1. The molecule has 0 N–H and O–H groups in total. The van der Waals surface area contributed by atoms with Crippen LogP contribution in [0.15, 0.2) is 60.4 Å². The maximum absolute atomic E-state index is 13.2. The van der Waals surface area contributed by atoms with E-state index >= 15 is 0 Å². The van der Waals surface area contributed by atoms with E-state index in [9.17, 15) is 9.18 Å². The van der Waals surface area contributed by atoms with Gasteiger partial charge in [-0.2, -0.15) is 0 Å². The summed E-state index contributed by atoms with van der Waals surface area (Å²) in [4.78, 5) is 15.1. The lowest BCUT2D eigenvalue weighted by Crippen LogP contribution is -2.31. The summed E-state index contributed by atoms with van der Waals surface area (Å²) in [5, 5.41) is 0. The Labute approximate surface area is 183 Å². The summed E-state index contributed by atoms with van der Waals surface area (Å²) in [7, 11) is 0. The highest BCUT2D eigenvalue weighted by molar-refractivity contribution is 6.15. The first-order valence-electron chi connectivity index (χ1n) is 10.2. The number of hydrogen-bond donors (Lipinski definition) is 0. The first-order valence-corrected chi connectivity index (χ1v) is 10.2. The Balaban J connectivity index is 1.27. The van der Waals surface area contributed by atoms with E-state index in [0.717, 1.165) is 16.7 Å². The average molecular weight is 431 g/mol. The van der Waals surface area contributed by atoms with E-state index in [1.807, 2.05) is 24.3 Å². The minimum atomic E-state index is -0.263. The highest BCUT2D eigenvalue weighted by atomic mass is 19.1. The van der Waals surface area contributed by atoms with E-state index in [0.29, 0.717) is 48.4 Å². The number of carbonyl (C=O) groups is 1. The van der Waals surface area contributed by atoms with Crippen LogP contribution in [0.4, 0.5) is 4.39 Å². The molecule has 0 atom stereocenters. The Kier molecular flexibility index (Phi) is 4.36. The molecule has 6 nitrogen and oxygen atoms in total. The number of allylic oxidation sites excluding steroid dienone is 1. The first kappa shape index (κ1) is 18.9. The fourth-order valence-corrected chi connectivity index (χ4v) is 4.11. The standard InChI is InChI=1S/C25H18FNO5/c26-17-4-1-15(2-5-17)11-27-12-19-20(29-13-27)8-6-18-24(28)23(32-25(18)19)10-16-3-7-21-22(9-16)31-14-30-21/h1-10H,11-14H2/b23-10-. The first-order chi connectivity index (χ1) is 15.6. The summed E-state index contributed by atoms with van der Waals surface area (Å²) in [5.41, 5.74) is 3.11. The quantitative estimate of drug-likeness (QED) is 0.569. The monoisotopic (exact) mass is 431 g/mol. The predicted molar refractivity (Wildman–Crippen MR) is 113 cm³/mol. The largest absolute Gasteiger partial charge is 0.478 e. The lowest BCUT2D eigenvalue weighted by atomic mass is 10.0. The summed E-state index contributed by atoms with van der Waals surface area (Å²) >= 11 is 0. The van der Waals surface area contributed by atoms with Crippen LogP contribution < -0.4 is 18.9 Å². The summed E-state index contributed by atoms with van der Waals surface area (Å²) < 4.78 is 35.9. The van der Waals surface area contributed by atoms with Crippen LogP contribution in [-0.2, 0) is 13.1 Å². The van der Waals surface area contributed by atoms with Gasteiger partial charge in [0, 0.05) is 13.1 Å². The van der Waals surface area contributed by atoms with E-state index < -0.39 is 0 Å². The third kappa shape index (κ3) is 3.27. The molecule has 0 fully saturated rings. The number of nitrogens with zero attached hydrogens (tertiary/aromatic N) is 1. The number of ether oxygens (including phenoxy) is 4. The van der Waals surface area contributed by atoms with Crippen molar-refractivity contribution in [1.82, 2.24) is 4.90 Å². The molecule has 0 amide bonds. The van der Waals surface area contributed by atoms with Crippen LogP contribution in [-0.4, -0.2) is 24.2 Å². The zero-order valence-electron chi connectivity index (χ0n) is 17.0. The summed E-state index contributed by atoms with van der Waals surface area (Å²) in [6.45, 7) is 1.74. The van der Waals surface area contributed by atoms with Crippen LogP contribution in [0.3, 0.4) is 0 Å². The van der Waals surface area contributed by atoms with Crippen LogP contribution in [0.5, 0.6) is 23.0 Å². The van der Waals surface area contributed by atoms with Gasteiger partial charge in [0.15, 0.2) is 17.3 Å². The average Bonchev–Trinajstić information content (AvgIpc) is 3.40. The number of hydrogen-bond acceptors (Lipinski definition) is 6. The number of fused-ring (bicyclic) bond motifs is 4. The van der Waals surface area contributed by atoms with Gasteiger partial charge in [-0.05, 0) is 53.6 Å². The smallest absolute Gasteiger partial charge is 0.231 e. The van der Waals surface area contributed by atoms with Gasteiger partial charge in [-0.15, -0.1) is 0 Å². The van der Waals surface area contributed by atoms with Gasteiger partial charge in [-0.1, -0.05) is 18.2 Å². The second-order valence-corrected chi connectivity index (χ2v) is 7.86. The lowest BCUT2D eigenvalue weighted by molar-refractivity contribution is 0.0872. The fraction of sp³-hybridized carbons (Fsp3) is 0.160. The second kappa shape index (κ2) is 7.39. The van der Waals surface area contributed by atoms with Crippen molar-refractivity contribution in [3.8, 4) is 23.0 Å². The molecule has 0 unspecified atom stereocenters. The zero-order valence-corrected chi connectivity index (χ0v) is 17.0. The lowest BCUT2D eigenvalue weighted by Gasteiger charge is -2.29. The van der Waals surface area contributed by atoms with E-state index in [4.69, 9.17) is 18.9 Å². The third-order valence-corrected chi connectivity index (χ3v) is 5.70. The molecule has 3 aromatic carbocycles. The SMILES string of the molecule is O=C1/C(=C/c2ccc3c(c2)OCO3)Oc2c1ccc1c2CN(Cc2ccc(F)cc2)CO1. The molecule has 3 aliphatic heterocycles. The molecule has 3 aromatic rings. The van der Waals surface area contributed by atoms with Crippen molar-refractivity contribution in [3.63, 3.8) is 0 Å². The Bertz CT molecular complexity index is 1270. The van der Waals surface area contributed by atoms with Crippen molar-refractivity contribution in [2.24, 2.45) is 0 Å². The molecular formula is C25H18FNO5. The molecule has 0 saturated heterocycles. The Morgan fingerprint density at radius 1 is 0.938 bits per heavy atom. The number of halogens is 1. The topological polar surface area (TPSA) is 57.2 Å². The molecule has 6 rings (SSSR count). The number of ketones is 1. The Morgan fingerprint density at radius 2 is 1.75 bits per heavy atom. The normalized spacial score (nSPS) is 17.7. The van der Waals surface area contributed by atoms with Gasteiger partial charge in [0.05, 0.1) is 11.1 Å². The maximum Gasteiger partial charge on any atom is 0.231 e. The van der Waals surface area contributed by atoms with Gasteiger partial charge in [0.1, 0.15) is 24.0 Å². The minimum Gasteiger partial charge on any atom is -0.478 e. The molecule has 0 aromatic heterocycles. The van der Waals surface area contributed by atoms with Crippen molar-refractivity contribution >= 4 is 11.9 Å². The summed E-state index contributed by atoms with van der Waals surface area (Å²) in [6.07, 6.45) is 1.71. The molecule has 0 saturated carbocycles. The number of benzene rings is 3. The van der Waals surface area contributed by atoms with Crippen molar-refractivity contribution < 1.29 is 28.1 Å². The molecule has 0 aliphatic carbocycles. The molecule has 0 radical (unpaired) electrons. The summed E-state index contributed by atoms with van der Waals surface area (Å²) in [5.74, 6) is 2.38. The molecule has 0 spiro atoms. The van der Waals surface area contributed by atoms with Crippen LogP contribution >= 0.6 is 0 Å². The van der Waals surface area contributed by atoms with Crippen LogP contribution in [0.1, 0.15) is 27.0 Å². The van der Waals surface area contributed by atoms with E-state index in [2.05, 4.69) is 4.90 Å². The van der Waals surface area contributed by atoms with Crippen molar-refractivity contribution in [1.29, 1.82) is 0 Å². The van der Waals surface area contributed by atoms with E-state index in [1.165, 1.54) is 12.1 Å². The van der Waals surface area contributed by atoms with Gasteiger partial charge in [0.25, 0.3) is 0 Å². The van der Waals surface area contributed by atoms with Crippen LogP contribution in [0.2, 0.25) is 0 Å². The highest BCUT2D eigenvalue weighted by Crippen LogP contribution is 2.42. The van der Waals surface area contributed by atoms with Crippen molar-refractivity contribution in [2.75, 3.05) is 13.5 Å². The zero-order chi connectivity index (χ0) is 21.7. The van der Waals surface area contributed by atoms with E-state index in [-0.39, 0.29) is 24.2 Å². The van der Waals surface area contributed by atoms with Gasteiger partial charge in [0.2, 0.25) is 12.6 Å². The fourth-order valence-electron chi connectivity index (χ4n) is 4.11. The van der Waals surface area contributed by atoms with Crippen molar-refractivity contribution in [2.45, 2.75) is 13.1 Å². The van der Waals surface area contributed by atoms with Gasteiger partial charge < -0.3 is 18.9 Å². The molecule has 3 aliphatic rings. The number of carbonyl (C=O) groups excluding carboxylic acids is 1. The molecule has 3 heterocycles. The second-order valence-electron chi connectivity index (χ2n) is 7.86. The molecular weight excluding hydrogens is 413 g/mol. The molecule has 32 heavy (non-hydrogen) atoms. The van der Waals surface area contributed by atoms with Crippen molar-refractivity contribution in [3.05, 3.63) is 88.4 Å². The van der Waals surface area contributed by atoms with Gasteiger partial charge in [-0.25, -0.2) is 4.39 Å². The highest BCUT2D eigenvalue weighted by Gasteiger charge is 2.33. The molecule has 7 heteroatoms. The number of rotatable bonds is 3.